The van der Waals surface area contributed by atoms with Crippen molar-refractivity contribution in [2.24, 2.45) is 11.8 Å². The highest BCUT2D eigenvalue weighted by molar-refractivity contribution is 5.86. The van der Waals surface area contributed by atoms with Crippen molar-refractivity contribution in [3.05, 3.63) is 35.5 Å². The number of hydrogen-bond acceptors (Lipinski definition) is 3. The number of H-pyrrole nitrogens is 1. The molecule has 1 aliphatic carbocycles. The topological polar surface area (TPSA) is 74.4 Å². The minimum absolute atomic E-state index is 0.190. The summed E-state index contributed by atoms with van der Waals surface area (Å²) >= 11 is 0. The van der Waals surface area contributed by atoms with E-state index in [2.05, 4.69) is 53.3 Å². The number of aromatic nitrogens is 1. The van der Waals surface area contributed by atoms with Gasteiger partial charge in [0, 0.05) is 36.1 Å². The quantitative estimate of drug-likeness (QED) is 0.586. The average Bonchev–Trinajstić information content (AvgIpc) is 3.16. The third-order valence-corrected chi connectivity index (χ3v) is 6.55. The summed E-state index contributed by atoms with van der Waals surface area (Å²) < 4.78 is 4.84. The molecule has 2 aliphatic rings. The van der Waals surface area contributed by atoms with Crippen LogP contribution in [0, 0.1) is 11.8 Å². The van der Waals surface area contributed by atoms with E-state index in [-0.39, 0.29) is 23.7 Å². The molecule has 1 aliphatic heterocycles. The molecular formula is C27H41N3O3. The van der Waals surface area contributed by atoms with Crippen molar-refractivity contribution in [1.29, 1.82) is 0 Å². The molecule has 0 bridgehead atoms. The van der Waals surface area contributed by atoms with Gasteiger partial charge in [0.1, 0.15) is 5.60 Å². The van der Waals surface area contributed by atoms with Crippen LogP contribution in [-0.4, -0.2) is 41.1 Å². The number of hydrogen-bond donors (Lipinski definition) is 2. The summed E-state index contributed by atoms with van der Waals surface area (Å²) in [6.45, 7) is 10.8. The molecule has 2 aromatic rings. The number of nitrogens with zero attached hydrogens (tertiary/aromatic N) is 1. The Hall–Kier alpha value is -2.50. The van der Waals surface area contributed by atoms with E-state index in [1.54, 1.807) is 0 Å². The van der Waals surface area contributed by atoms with Gasteiger partial charge in [-0.15, -0.1) is 0 Å². The second-order valence-electron chi connectivity index (χ2n) is 10.6. The normalized spacial score (nSPS) is 19.0. The fourth-order valence-corrected chi connectivity index (χ4v) is 5.12. The summed E-state index contributed by atoms with van der Waals surface area (Å²) in [5.74, 6) is 1.08. The van der Waals surface area contributed by atoms with Crippen molar-refractivity contribution in [2.75, 3.05) is 13.6 Å². The number of fused-ring (bicyclic) bond motifs is 3. The number of benzene rings is 1. The Morgan fingerprint density at radius 3 is 2.36 bits per heavy atom. The van der Waals surface area contributed by atoms with Crippen molar-refractivity contribution < 1.29 is 14.3 Å². The molecular weight excluding hydrogens is 414 g/mol. The Morgan fingerprint density at radius 1 is 1.12 bits per heavy atom. The average molecular weight is 456 g/mol. The van der Waals surface area contributed by atoms with E-state index >= 15 is 0 Å². The second kappa shape index (κ2) is 10.6. The standard InChI is InChI=1S/C21H28N2O.C6H13NO2/c1-14(2)20-19-17(16-10-6-7-11-18(16)22-19)12-13-23(20)21(24)15-8-4-3-5-9-15;1-6(2,3)9-5(8)7-4/h6-7,10-11,14-15,20,22H,3-5,8-9,12-13H2,1-2H3;1-4H3,(H,7,8). The monoisotopic (exact) mass is 455 g/mol. The van der Waals surface area contributed by atoms with E-state index in [1.165, 1.54) is 48.5 Å². The zero-order valence-electron chi connectivity index (χ0n) is 21.2. The molecule has 0 radical (unpaired) electrons. The maximum absolute atomic E-state index is 13.2. The number of ether oxygens (including phenoxy) is 1. The first-order chi connectivity index (χ1) is 15.6. The number of para-hydroxylation sites is 1. The number of aromatic amines is 1. The lowest BCUT2D eigenvalue weighted by molar-refractivity contribution is -0.140. The summed E-state index contributed by atoms with van der Waals surface area (Å²) in [7, 11) is 1.54. The van der Waals surface area contributed by atoms with Gasteiger partial charge < -0.3 is 19.9 Å². The van der Waals surface area contributed by atoms with E-state index in [0.29, 0.717) is 11.8 Å². The highest BCUT2D eigenvalue weighted by atomic mass is 16.6. The van der Waals surface area contributed by atoms with Crippen LogP contribution in [0.4, 0.5) is 4.79 Å². The highest BCUT2D eigenvalue weighted by Crippen LogP contribution is 2.40. The van der Waals surface area contributed by atoms with E-state index in [1.807, 2.05) is 20.8 Å². The Labute approximate surface area is 198 Å². The third-order valence-electron chi connectivity index (χ3n) is 6.55. The minimum Gasteiger partial charge on any atom is -0.444 e. The maximum Gasteiger partial charge on any atom is 0.407 e. The predicted molar refractivity (Wildman–Crippen MR) is 133 cm³/mol. The van der Waals surface area contributed by atoms with Gasteiger partial charge in [0.25, 0.3) is 0 Å². The van der Waals surface area contributed by atoms with Gasteiger partial charge in [0.2, 0.25) is 5.91 Å². The maximum atomic E-state index is 13.2. The number of nitrogens with one attached hydrogen (secondary N) is 2. The van der Waals surface area contributed by atoms with Crippen LogP contribution in [0.15, 0.2) is 24.3 Å². The molecule has 0 saturated heterocycles. The third kappa shape index (κ3) is 6.10. The first-order valence-electron chi connectivity index (χ1n) is 12.4. The molecule has 0 spiro atoms. The van der Waals surface area contributed by atoms with E-state index in [4.69, 9.17) is 4.74 Å². The van der Waals surface area contributed by atoms with Crippen LogP contribution in [0.2, 0.25) is 0 Å². The van der Waals surface area contributed by atoms with Crippen molar-refractivity contribution in [1.82, 2.24) is 15.2 Å². The second-order valence-corrected chi connectivity index (χ2v) is 10.6. The zero-order valence-corrected chi connectivity index (χ0v) is 21.2. The molecule has 4 rings (SSSR count). The summed E-state index contributed by atoms with van der Waals surface area (Å²) in [5.41, 5.74) is 3.53. The number of alkyl carbamates (subject to hydrolysis) is 1. The van der Waals surface area contributed by atoms with Crippen molar-refractivity contribution in [3.8, 4) is 0 Å². The molecule has 1 aromatic heterocycles. The fraction of sp³-hybridized carbons (Fsp3) is 0.630. The van der Waals surface area contributed by atoms with Crippen LogP contribution in [0.25, 0.3) is 10.9 Å². The summed E-state index contributed by atoms with van der Waals surface area (Å²) in [6, 6.07) is 8.74. The Bertz CT molecular complexity index is 951. The van der Waals surface area contributed by atoms with Gasteiger partial charge in [-0.1, -0.05) is 51.3 Å². The zero-order chi connectivity index (χ0) is 24.2. The van der Waals surface area contributed by atoms with E-state index in [0.717, 1.165) is 25.8 Å². The number of rotatable bonds is 2. The van der Waals surface area contributed by atoms with Crippen LogP contribution in [0.3, 0.4) is 0 Å². The smallest absolute Gasteiger partial charge is 0.407 e. The van der Waals surface area contributed by atoms with E-state index < -0.39 is 0 Å². The molecule has 33 heavy (non-hydrogen) atoms. The molecule has 2 heterocycles. The van der Waals surface area contributed by atoms with Gasteiger partial charge in [-0.05, 0) is 57.6 Å². The number of carbonyl (C=O) groups excluding carboxylic acids is 2. The van der Waals surface area contributed by atoms with Gasteiger partial charge >= 0.3 is 6.09 Å². The highest BCUT2D eigenvalue weighted by Gasteiger charge is 2.37. The molecule has 2 amide bonds. The predicted octanol–water partition coefficient (Wildman–Crippen LogP) is 5.97. The molecule has 1 saturated carbocycles. The SMILES string of the molecule is CC(C)C1c2[nH]c3ccccc3c2CCN1C(=O)C1CCCCC1.CNC(=O)OC(C)(C)C. The van der Waals surface area contributed by atoms with Gasteiger partial charge in [-0.3, -0.25) is 4.79 Å². The molecule has 182 valence electrons. The minimum atomic E-state index is -0.389. The molecule has 6 nitrogen and oxygen atoms in total. The van der Waals surface area contributed by atoms with E-state index in [9.17, 15) is 9.59 Å². The van der Waals surface area contributed by atoms with Gasteiger partial charge in [0.15, 0.2) is 0 Å². The number of amides is 2. The van der Waals surface area contributed by atoms with Gasteiger partial charge in [-0.2, -0.15) is 0 Å². The lowest BCUT2D eigenvalue weighted by Crippen LogP contribution is -2.45. The summed E-state index contributed by atoms with van der Waals surface area (Å²) in [5, 5.41) is 3.70. The summed E-state index contributed by atoms with van der Waals surface area (Å²) in [6.07, 6.45) is 6.48. The lowest BCUT2D eigenvalue weighted by atomic mass is 9.85. The van der Waals surface area contributed by atoms with Crippen molar-refractivity contribution in [2.45, 2.75) is 84.8 Å². The first-order valence-corrected chi connectivity index (χ1v) is 12.4. The van der Waals surface area contributed by atoms with Crippen molar-refractivity contribution in [3.63, 3.8) is 0 Å². The Kier molecular flexibility index (Phi) is 8.09. The van der Waals surface area contributed by atoms with Crippen LogP contribution >= 0.6 is 0 Å². The largest absolute Gasteiger partial charge is 0.444 e. The molecule has 2 N–H and O–H groups in total. The Morgan fingerprint density at radius 2 is 1.79 bits per heavy atom. The Balaban J connectivity index is 0.000000292. The number of carbonyl (C=O) groups is 2. The molecule has 1 aromatic carbocycles. The van der Waals surface area contributed by atoms with Gasteiger partial charge in [0.05, 0.1) is 6.04 Å². The van der Waals surface area contributed by atoms with Crippen LogP contribution < -0.4 is 5.32 Å². The molecule has 1 fully saturated rings. The molecule has 1 atom stereocenters. The first kappa shape index (κ1) is 25.1. The molecule has 6 heteroatoms. The van der Waals surface area contributed by atoms with Gasteiger partial charge in [-0.25, -0.2) is 4.79 Å². The summed E-state index contributed by atoms with van der Waals surface area (Å²) in [4.78, 5) is 29.5. The molecule has 1 unspecified atom stereocenters. The van der Waals surface area contributed by atoms with Crippen LogP contribution in [0.5, 0.6) is 0 Å². The van der Waals surface area contributed by atoms with Crippen LogP contribution in [0.1, 0.15) is 84.0 Å². The van der Waals surface area contributed by atoms with Crippen molar-refractivity contribution >= 4 is 22.9 Å². The lowest BCUT2D eigenvalue weighted by Gasteiger charge is -2.40. The fourth-order valence-electron chi connectivity index (χ4n) is 5.12. The van der Waals surface area contributed by atoms with Crippen LogP contribution in [-0.2, 0) is 16.0 Å².